The summed E-state index contributed by atoms with van der Waals surface area (Å²) >= 11 is 3.19. The molecule has 0 aliphatic rings. The third kappa shape index (κ3) is 2.73. The van der Waals surface area contributed by atoms with E-state index >= 15 is 0 Å². The van der Waals surface area contributed by atoms with E-state index in [-0.39, 0.29) is 5.78 Å². The van der Waals surface area contributed by atoms with Crippen molar-refractivity contribution in [2.75, 3.05) is 0 Å². The molecule has 4 heteroatoms. The normalized spacial score (nSPS) is 10.5. The minimum atomic E-state index is 0.144. The molecule has 0 spiro atoms. The van der Waals surface area contributed by atoms with E-state index in [0.717, 1.165) is 11.4 Å². The third-order valence-electron chi connectivity index (χ3n) is 2.13. The average molecular weight is 237 g/mol. The largest absolute Gasteiger partial charge is 0.292 e. The summed E-state index contributed by atoms with van der Waals surface area (Å²) in [6, 6.07) is 2.06. The van der Waals surface area contributed by atoms with Crippen molar-refractivity contribution < 1.29 is 4.79 Å². The van der Waals surface area contributed by atoms with Crippen LogP contribution in [-0.2, 0) is 6.42 Å². The molecular formula is C11H11NOS2. The van der Waals surface area contributed by atoms with Crippen LogP contribution >= 0.6 is 22.7 Å². The number of Topliss-reactive ketones (excluding diaryl/α,β-unsaturated/α-hetero) is 1. The maximum Gasteiger partial charge on any atom is 0.182 e. The molecule has 0 fully saturated rings. The number of carbonyl (C=O) groups excluding carboxylic acids is 1. The molecule has 0 aliphatic carbocycles. The molecule has 2 rings (SSSR count). The van der Waals surface area contributed by atoms with Crippen molar-refractivity contribution in [1.82, 2.24) is 4.98 Å². The van der Waals surface area contributed by atoms with Gasteiger partial charge in [0.05, 0.1) is 5.01 Å². The number of ketones is 1. The molecule has 0 aliphatic heterocycles. The molecule has 0 saturated heterocycles. The number of aromatic nitrogens is 1. The van der Waals surface area contributed by atoms with Gasteiger partial charge in [-0.3, -0.25) is 4.79 Å². The molecule has 2 aromatic rings. The minimum Gasteiger partial charge on any atom is -0.292 e. The first kappa shape index (κ1) is 10.5. The molecule has 78 valence electrons. The zero-order valence-electron chi connectivity index (χ0n) is 8.40. The molecular weight excluding hydrogens is 226 g/mol. The van der Waals surface area contributed by atoms with Crippen LogP contribution in [0.4, 0.5) is 0 Å². The number of hydrogen-bond acceptors (Lipinski definition) is 4. The van der Waals surface area contributed by atoms with Gasteiger partial charge in [-0.2, -0.15) is 11.3 Å². The number of rotatable bonds is 4. The second-order valence-electron chi connectivity index (χ2n) is 3.31. The van der Waals surface area contributed by atoms with E-state index in [0.29, 0.717) is 12.1 Å². The van der Waals surface area contributed by atoms with Gasteiger partial charge in [-0.1, -0.05) is 0 Å². The molecule has 0 saturated carbocycles. The monoisotopic (exact) mass is 237 g/mol. The predicted octanol–water partition coefficient (Wildman–Crippen LogP) is 3.33. The summed E-state index contributed by atoms with van der Waals surface area (Å²) < 4.78 is 0. The van der Waals surface area contributed by atoms with E-state index < -0.39 is 0 Å². The standard InChI is InChI=1S/C11H11NOS2/c1-8-12-10(7-15-8)11(13)3-2-9-4-5-14-6-9/h4-7H,2-3H2,1H3. The van der Waals surface area contributed by atoms with E-state index in [4.69, 9.17) is 0 Å². The second-order valence-corrected chi connectivity index (χ2v) is 5.15. The molecule has 0 bridgehead atoms. The molecule has 0 radical (unpaired) electrons. The van der Waals surface area contributed by atoms with Crippen LogP contribution in [0.1, 0.15) is 27.5 Å². The van der Waals surface area contributed by atoms with E-state index in [1.54, 1.807) is 11.3 Å². The first-order chi connectivity index (χ1) is 7.25. The lowest BCUT2D eigenvalue weighted by molar-refractivity contribution is 0.0978. The van der Waals surface area contributed by atoms with E-state index in [9.17, 15) is 4.79 Å². The third-order valence-corrected chi connectivity index (χ3v) is 3.63. The zero-order valence-corrected chi connectivity index (χ0v) is 10.0. The van der Waals surface area contributed by atoms with Crippen LogP contribution in [0.3, 0.4) is 0 Å². The summed E-state index contributed by atoms with van der Waals surface area (Å²) in [5.74, 6) is 0.144. The Hall–Kier alpha value is -1.00. The van der Waals surface area contributed by atoms with Crippen LogP contribution in [0, 0.1) is 6.92 Å². The highest BCUT2D eigenvalue weighted by atomic mass is 32.1. The minimum absolute atomic E-state index is 0.144. The molecule has 15 heavy (non-hydrogen) atoms. The van der Waals surface area contributed by atoms with Crippen molar-refractivity contribution in [2.45, 2.75) is 19.8 Å². The number of thiazole rings is 1. The first-order valence-electron chi connectivity index (χ1n) is 4.72. The van der Waals surface area contributed by atoms with Gasteiger partial charge in [0.15, 0.2) is 5.78 Å². The van der Waals surface area contributed by atoms with Gasteiger partial charge in [-0.05, 0) is 35.7 Å². The van der Waals surface area contributed by atoms with Crippen LogP contribution in [0.25, 0.3) is 0 Å². The Labute approximate surface area is 96.6 Å². The Kier molecular flexibility index (Phi) is 3.28. The lowest BCUT2D eigenvalue weighted by atomic mass is 10.1. The molecule has 0 aromatic carbocycles. The van der Waals surface area contributed by atoms with Gasteiger partial charge in [0, 0.05) is 11.8 Å². The van der Waals surface area contributed by atoms with Crippen molar-refractivity contribution in [3.05, 3.63) is 38.5 Å². The van der Waals surface area contributed by atoms with Gasteiger partial charge in [0.1, 0.15) is 5.69 Å². The molecule has 2 aromatic heterocycles. The quantitative estimate of drug-likeness (QED) is 0.763. The SMILES string of the molecule is Cc1nc(C(=O)CCc2ccsc2)cs1. The molecule has 2 nitrogen and oxygen atoms in total. The van der Waals surface area contributed by atoms with Crippen LogP contribution < -0.4 is 0 Å². The van der Waals surface area contributed by atoms with Crippen LogP contribution in [0.5, 0.6) is 0 Å². The molecule has 2 heterocycles. The lowest BCUT2D eigenvalue weighted by Crippen LogP contribution is -2.01. The maximum absolute atomic E-state index is 11.7. The fourth-order valence-electron chi connectivity index (χ4n) is 1.31. The van der Waals surface area contributed by atoms with Crippen molar-refractivity contribution in [3.8, 4) is 0 Å². The fourth-order valence-corrected chi connectivity index (χ4v) is 2.63. The molecule has 0 unspecified atom stereocenters. The topological polar surface area (TPSA) is 30.0 Å². The summed E-state index contributed by atoms with van der Waals surface area (Å²) in [7, 11) is 0. The fraction of sp³-hybridized carbons (Fsp3) is 0.273. The number of aryl methyl sites for hydroxylation is 2. The predicted molar refractivity (Wildman–Crippen MR) is 63.8 cm³/mol. The zero-order chi connectivity index (χ0) is 10.7. The van der Waals surface area contributed by atoms with Gasteiger partial charge in [-0.25, -0.2) is 4.98 Å². The Balaban J connectivity index is 1.93. The van der Waals surface area contributed by atoms with E-state index in [2.05, 4.69) is 16.4 Å². The van der Waals surface area contributed by atoms with Crippen molar-refractivity contribution in [2.24, 2.45) is 0 Å². The molecule has 0 amide bonds. The number of hydrogen-bond donors (Lipinski definition) is 0. The van der Waals surface area contributed by atoms with E-state index in [1.807, 2.05) is 17.7 Å². The van der Waals surface area contributed by atoms with Crippen molar-refractivity contribution in [1.29, 1.82) is 0 Å². The maximum atomic E-state index is 11.7. The second kappa shape index (κ2) is 4.68. The molecule has 0 atom stereocenters. The highest BCUT2D eigenvalue weighted by Gasteiger charge is 2.09. The number of carbonyl (C=O) groups is 1. The first-order valence-corrected chi connectivity index (χ1v) is 6.54. The summed E-state index contributed by atoms with van der Waals surface area (Å²) in [6.07, 6.45) is 1.37. The molecule has 0 N–H and O–H groups in total. The Morgan fingerprint density at radius 1 is 1.47 bits per heavy atom. The average Bonchev–Trinajstić information content (AvgIpc) is 2.84. The highest BCUT2D eigenvalue weighted by molar-refractivity contribution is 7.09. The van der Waals surface area contributed by atoms with E-state index in [1.165, 1.54) is 16.9 Å². The number of thiophene rings is 1. The Morgan fingerprint density at radius 2 is 2.33 bits per heavy atom. The summed E-state index contributed by atoms with van der Waals surface area (Å²) in [5, 5.41) is 6.91. The van der Waals surface area contributed by atoms with Gasteiger partial charge in [0.25, 0.3) is 0 Å². The van der Waals surface area contributed by atoms with Gasteiger partial charge in [-0.15, -0.1) is 11.3 Å². The van der Waals surface area contributed by atoms with Crippen LogP contribution in [0.2, 0.25) is 0 Å². The number of nitrogens with zero attached hydrogens (tertiary/aromatic N) is 1. The highest BCUT2D eigenvalue weighted by Crippen LogP contribution is 2.13. The van der Waals surface area contributed by atoms with Crippen LogP contribution in [-0.4, -0.2) is 10.8 Å². The smallest absolute Gasteiger partial charge is 0.182 e. The Morgan fingerprint density at radius 3 is 2.93 bits per heavy atom. The lowest BCUT2D eigenvalue weighted by Gasteiger charge is -1.95. The van der Waals surface area contributed by atoms with Crippen LogP contribution in [0.15, 0.2) is 22.2 Å². The van der Waals surface area contributed by atoms with Gasteiger partial charge >= 0.3 is 0 Å². The van der Waals surface area contributed by atoms with Gasteiger partial charge < -0.3 is 0 Å². The summed E-state index contributed by atoms with van der Waals surface area (Å²) in [6.45, 7) is 1.92. The van der Waals surface area contributed by atoms with Crippen molar-refractivity contribution in [3.63, 3.8) is 0 Å². The summed E-state index contributed by atoms with van der Waals surface area (Å²) in [5.41, 5.74) is 1.85. The van der Waals surface area contributed by atoms with Crippen molar-refractivity contribution >= 4 is 28.5 Å². The van der Waals surface area contributed by atoms with Gasteiger partial charge in [0.2, 0.25) is 0 Å². The Bertz CT molecular complexity index is 445. The summed E-state index contributed by atoms with van der Waals surface area (Å²) in [4.78, 5) is 15.9.